The SMILES string of the molecule is O=C(O)c1cc(-c2ccc(NCC3(c4ncccc4F)CCC3)nn2)c[nH]c1=O. The fourth-order valence-electron chi connectivity index (χ4n) is 3.51. The number of pyridine rings is 2. The zero-order valence-corrected chi connectivity index (χ0v) is 15.4. The highest BCUT2D eigenvalue weighted by atomic mass is 19.1. The van der Waals surface area contributed by atoms with Gasteiger partial charge in [-0.05, 0) is 43.2 Å². The van der Waals surface area contributed by atoms with Crippen LogP contribution in [0.5, 0.6) is 0 Å². The summed E-state index contributed by atoms with van der Waals surface area (Å²) in [5, 5.41) is 20.5. The van der Waals surface area contributed by atoms with Gasteiger partial charge in [-0.2, -0.15) is 0 Å². The fraction of sp³-hybridized carbons (Fsp3) is 0.250. The third-order valence-electron chi connectivity index (χ3n) is 5.27. The molecule has 1 fully saturated rings. The lowest BCUT2D eigenvalue weighted by atomic mass is 9.66. The van der Waals surface area contributed by atoms with E-state index in [-0.39, 0.29) is 16.8 Å². The van der Waals surface area contributed by atoms with Crippen LogP contribution in [0.4, 0.5) is 10.2 Å². The summed E-state index contributed by atoms with van der Waals surface area (Å²) in [6, 6.07) is 7.63. The molecule has 3 aromatic heterocycles. The Bertz CT molecular complexity index is 1110. The summed E-state index contributed by atoms with van der Waals surface area (Å²) in [7, 11) is 0. The molecule has 9 heteroatoms. The second kappa shape index (κ2) is 7.42. The molecule has 1 saturated carbocycles. The van der Waals surface area contributed by atoms with E-state index >= 15 is 0 Å². The van der Waals surface area contributed by atoms with E-state index in [1.165, 1.54) is 18.3 Å². The molecule has 3 heterocycles. The smallest absolute Gasteiger partial charge is 0.341 e. The largest absolute Gasteiger partial charge is 0.477 e. The van der Waals surface area contributed by atoms with Gasteiger partial charge in [-0.15, -0.1) is 10.2 Å². The second-order valence-electron chi connectivity index (χ2n) is 7.06. The predicted molar refractivity (Wildman–Crippen MR) is 103 cm³/mol. The van der Waals surface area contributed by atoms with Crippen molar-refractivity contribution in [2.75, 3.05) is 11.9 Å². The zero-order valence-electron chi connectivity index (χ0n) is 15.4. The van der Waals surface area contributed by atoms with Gasteiger partial charge in [0.1, 0.15) is 17.2 Å². The molecule has 0 radical (unpaired) electrons. The summed E-state index contributed by atoms with van der Waals surface area (Å²) in [4.78, 5) is 29.3. The summed E-state index contributed by atoms with van der Waals surface area (Å²) >= 11 is 0. The first-order chi connectivity index (χ1) is 14.0. The van der Waals surface area contributed by atoms with Crippen molar-refractivity contribution in [2.24, 2.45) is 0 Å². The van der Waals surface area contributed by atoms with Crippen LogP contribution in [0.15, 0.2) is 47.5 Å². The Balaban J connectivity index is 1.51. The number of aromatic amines is 1. The minimum absolute atomic E-state index is 0.303. The molecule has 4 rings (SSSR count). The molecule has 148 valence electrons. The van der Waals surface area contributed by atoms with E-state index in [2.05, 4.69) is 25.5 Å². The Morgan fingerprint density at radius 3 is 2.72 bits per heavy atom. The molecular formula is C20H18FN5O3. The Morgan fingerprint density at radius 2 is 2.10 bits per heavy atom. The Hall–Kier alpha value is -3.62. The van der Waals surface area contributed by atoms with Crippen LogP contribution in [-0.4, -0.2) is 37.8 Å². The van der Waals surface area contributed by atoms with E-state index in [4.69, 9.17) is 5.11 Å². The number of anilines is 1. The molecule has 0 aliphatic heterocycles. The lowest BCUT2D eigenvalue weighted by Crippen LogP contribution is -2.42. The summed E-state index contributed by atoms with van der Waals surface area (Å²) in [6.07, 6.45) is 5.69. The van der Waals surface area contributed by atoms with Crippen molar-refractivity contribution >= 4 is 11.8 Å². The lowest BCUT2D eigenvalue weighted by Gasteiger charge is -2.41. The van der Waals surface area contributed by atoms with E-state index in [9.17, 15) is 14.0 Å². The highest BCUT2D eigenvalue weighted by Crippen LogP contribution is 2.43. The highest BCUT2D eigenvalue weighted by molar-refractivity contribution is 5.88. The Morgan fingerprint density at radius 1 is 1.28 bits per heavy atom. The van der Waals surface area contributed by atoms with Gasteiger partial charge in [0.25, 0.3) is 5.56 Å². The maximum Gasteiger partial charge on any atom is 0.341 e. The monoisotopic (exact) mass is 395 g/mol. The maximum atomic E-state index is 14.2. The van der Waals surface area contributed by atoms with Crippen LogP contribution in [0.25, 0.3) is 11.3 Å². The van der Waals surface area contributed by atoms with Gasteiger partial charge in [0, 0.05) is 29.9 Å². The standard InChI is InChI=1S/C20H18FN5O3/c21-14-3-1-8-22-17(14)20(6-2-7-20)11-24-16-5-4-15(25-26-16)12-9-13(19(28)29)18(27)23-10-12/h1,3-5,8-10H,2,6-7,11H2,(H,23,27)(H,24,26)(H,28,29). The third kappa shape index (κ3) is 3.58. The van der Waals surface area contributed by atoms with Crippen LogP contribution < -0.4 is 10.9 Å². The number of carboxylic acids is 1. The molecular weight excluding hydrogens is 377 g/mol. The van der Waals surface area contributed by atoms with Gasteiger partial charge in [0.2, 0.25) is 0 Å². The van der Waals surface area contributed by atoms with Gasteiger partial charge in [0.05, 0.1) is 11.4 Å². The van der Waals surface area contributed by atoms with Crippen LogP contribution in [-0.2, 0) is 5.41 Å². The van der Waals surface area contributed by atoms with Crippen molar-refractivity contribution in [2.45, 2.75) is 24.7 Å². The number of nitrogens with zero attached hydrogens (tertiary/aromatic N) is 3. The van der Waals surface area contributed by atoms with Gasteiger partial charge >= 0.3 is 5.97 Å². The summed E-state index contributed by atoms with van der Waals surface area (Å²) in [5.74, 6) is -1.10. The first-order valence-corrected chi connectivity index (χ1v) is 9.13. The van der Waals surface area contributed by atoms with Crippen molar-refractivity contribution < 1.29 is 14.3 Å². The number of rotatable bonds is 6. The molecule has 0 aromatic carbocycles. The molecule has 0 bridgehead atoms. The zero-order chi connectivity index (χ0) is 20.4. The Labute approximate surface area is 164 Å². The quantitative estimate of drug-likeness (QED) is 0.587. The van der Waals surface area contributed by atoms with Crippen molar-refractivity contribution in [3.63, 3.8) is 0 Å². The number of carbonyl (C=O) groups is 1. The number of halogens is 1. The number of hydrogen-bond acceptors (Lipinski definition) is 6. The molecule has 1 aliphatic carbocycles. The van der Waals surface area contributed by atoms with Crippen LogP contribution >= 0.6 is 0 Å². The molecule has 0 atom stereocenters. The van der Waals surface area contributed by atoms with Gasteiger partial charge in [-0.25, -0.2) is 9.18 Å². The minimum Gasteiger partial charge on any atom is -0.477 e. The molecule has 8 nitrogen and oxygen atoms in total. The number of hydrogen-bond donors (Lipinski definition) is 3. The minimum atomic E-state index is -1.31. The molecule has 1 aliphatic rings. The molecule has 0 saturated heterocycles. The van der Waals surface area contributed by atoms with Gasteiger partial charge in [0.15, 0.2) is 0 Å². The van der Waals surface area contributed by atoms with Crippen molar-refractivity contribution in [3.05, 3.63) is 70.2 Å². The maximum absolute atomic E-state index is 14.2. The average Bonchev–Trinajstić information content (AvgIpc) is 2.69. The topological polar surface area (TPSA) is 121 Å². The number of H-pyrrole nitrogens is 1. The van der Waals surface area contributed by atoms with E-state index in [1.54, 1.807) is 24.4 Å². The number of carboxylic acid groups (broad SMARTS) is 1. The highest BCUT2D eigenvalue weighted by Gasteiger charge is 2.41. The number of nitrogens with one attached hydrogen (secondary N) is 2. The van der Waals surface area contributed by atoms with E-state index in [0.29, 0.717) is 29.3 Å². The first-order valence-electron chi connectivity index (χ1n) is 9.13. The molecule has 3 aromatic rings. The molecule has 29 heavy (non-hydrogen) atoms. The molecule has 3 N–H and O–H groups in total. The summed E-state index contributed by atoms with van der Waals surface area (Å²) in [6.45, 7) is 0.483. The van der Waals surface area contributed by atoms with Gasteiger partial charge < -0.3 is 15.4 Å². The van der Waals surface area contributed by atoms with Gasteiger partial charge in [-0.1, -0.05) is 6.42 Å². The molecule has 0 spiro atoms. The van der Waals surface area contributed by atoms with Crippen molar-refractivity contribution in [1.29, 1.82) is 0 Å². The number of aromatic nitrogens is 4. The molecule has 0 amide bonds. The van der Waals surface area contributed by atoms with Crippen LogP contribution in [0.1, 0.15) is 35.3 Å². The average molecular weight is 395 g/mol. The van der Waals surface area contributed by atoms with Crippen molar-refractivity contribution in [3.8, 4) is 11.3 Å². The first kappa shape index (κ1) is 18.7. The van der Waals surface area contributed by atoms with Crippen LogP contribution in [0, 0.1) is 5.82 Å². The van der Waals surface area contributed by atoms with E-state index < -0.39 is 11.5 Å². The normalized spacial score (nSPS) is 14.8. The van der Waals surface area contributed by atoms with Crippen LogP contribution in [0.2, 0.25) is 0 Å². The second-order valence-corrected chi connectivity index (χ2v) is 7.06. The van der Waals surface area contributed by atoms with Crippen molar-refractivity contribution in [1.82, 2.24) is 20.2 Å². The van der Waals surface area contributed by atoms with E-state index in [0.717, 1.165) is 19.3 Å². The lowest BCUT2D eigenvalue weighted by molar-refractivity contribution is 0.0695. The predicted octanol–water partition coefficient (Wildman–Crippen LogP) is 2.60. The third-order valence-corrected chi connectivity index (χ3v) is 5.27. The fourth-order valence-corrected chi connectivity index (χ4v) is 3.51. The summed E-state index contributed by atoms with van der Waals surface area (Å²) in [5.41, 5.74) is -0.0785. The van der Waals surface area contributed by atoms with Gasteiger partial charge in [-0.3, -0.25) is 9.78 Å². The number of aromatic carboxylic acids is 1. The van der Waals surface area contributed by atoms with Crippen LogP contribution in [0.3, 0.4) is 0 Å². The molecule has 0 unspecified atom stereocenters. The van der Waals surface area contributed by atoms with E-state index in [1.807, 2.05) is 0 Å². The Kier molecular flexibility index (Phi) is 4.79. The summed E-state index contributed by atoms with van der Waals surface area (Å²) < 4.78 is 14.2.